The number of allylic oxidation sites excluding steroid dienone is 10. The molecule has 0 heterocycles. The van der Waals surface area contributed by atoms with Gasteiger partial charge in [-0.3, -0.25) is 4.99 Å². The van der Waals surface area contributed by atoms with Crippen molar-refractivity contribution in [1.82, 2.24) is 0 Å². The molecule has 5 aromatic carbocycles. The number of hydrogen-bond acceptors (Lipinski definition) is 1. The Bertz CT molecular complexity index is 2570. The first-order chi connectivity index (χ1) is 28.1. The minimum atomic E-state index is -0.402. The van der Waals surface area contributed by atoms with Crippen LogP contribution in [0.3, 0.4) is 0 Å². The third-order valence-electron chi connectivity index (χ3n) is 11.1. The Morgan fingerprint density at radius 1 is 0.667 bits per heavy atom. The summed E-state index contributed by atoms with van der Waals surface area (Å²) in [5.74, 6) is 1.23. The monoisotopic (exact) mass is 737 g/mol. The highest BCUT2D eigenvalue weighted by Crippen LogP contribution is 2.57. The Hall–Kier alpha value is -6.71. The van der Waals surface area contributed by atoms with Gasteiger partial charge < -0.3 is 0 Å². The van der Waals surface area contributed by atoms with Crippen molar-refractivity contribution in [2.24, 2.45) is 15.0 Å². The quantitative estimate of drug-likeness (QED) is 0.0821. The molecule has 0 saturated heterocycles. The van der Waals surface area contributed by atoms with Crippen molar-refractivity contribution in [1.29, 1.82) is 0 Å². The van der Waals surface area contributed by atoms with E-state index in [4.69, 9.17) is 9.98 Å². The zero-order valence-electron chi connectivity index (χ0n) is 32.8. The SMILES string of the molecule is C=NC(=NC(=NCc1ccccc1)C1=CC(c2ccc(-c3ccc4c(c3)-c3ccccc3C4(C(/C=C\C)=C/C)c3ccccc3)cc2)=CCC=C1)C1=CCCC=C1. The molecular weight excluding hydrogens is 691 g/mol. The van der Waals surface area contributed by atoms with E-state index < -0.39 is 5.41 Å². The van der Waals surface area contributed by atoms with Crippen LogP contribution in [0.4, 0.5) is 0 Å². The topological polar surface area (TPSA) is 37.1 Å². The van der Waals surface area contributed by atoms with Gasteiger partial charge in [-0.2, -0.15) is 0 Å². The van der Waals surface area contributed by atoms with Crippen molar-refractivity contribution >= 4 is 24.0 Å². The van der Waals surface area contributed by atoms with Crippen LogP contribution in [0.25, 0.3) is 27.8 Å². The summed E-state index contributed by atoms with van der Waals surface area (Å²) in [6.45, 7) is 8.65. The first kappa shape index (κ1) is 37.2. The molecule has 0 aromatic heterocycles. The predicted molar refractivity (Wildman–Crippen MR) is 243 cm³/mol. The number of benzene rings is 5. The maximum Gasteiger partial charge on any atom is 0.160 e. The molecule has 3 aliphatic rings. The highest BCUT2D eigenvalue weighted by Gasteiger charge is 2.46. The van der Waals surface area contributed by atoms with E-state index in [1.54, 1.807) is 0 Å². The van der Waals surface area contributed by atoms with Crippen molar-refractivity contribution in [2.75, 3.05) is 0 Å². The molecule has 0 spiro atoms. The van der Waals surface area contributed by atoms with Gasteiger partial charge >= 0.3 is 0 Å². The fourth-order valence-corrected chi connectivity index (χ4v) is 8.43. The van der Waals surface area contributed by atoms with Crippen molar-refractivity contribution in [3.05, 3.63) is 233 Å². The summed E-state index contributed by atoms with van der Waals surface area (Å²) < 4.78 is 0. The molecular formula is C54H47N3. The molecule has 3 nitrogen and oxygen atoms in total. The molecule has 0 bridgehead atoms. The molecule has 0 radical (unpaired) electrons. The van der Waals surface area contributed by atoms with Gasteiger partial charge in [0.15, 0.2) is 11.7 Å². The summed E-state index contributed by atoms with van der Waals surface area (Å²) >= 11 is 0. The van der Waals surface area contributed by atoms with Gasteiger partial charge in [-0.25, -0.2) is 9.98 Å². The number of nitrogens with zero attached hydrogens (tertiary/aromatic N) is 3. The molecule has 3 aliphatic carbocycles. The second-order valence-corrected chi connectivity index (χ2v) is 14.5. The van der Waals surface area contributed by atoms with Crippen LogP contribution < -0.4 is 0 Å². The predicted octanol–water partition coefficient (Wildman–Crippen LogP) is 13.4. The average molecular weight is 738 g/mol. The van der Waals surface area contributed by atoms with E-state index in [0.717, 1.165) is 47.1 Å². The number of rotatable bonds is 9. The van der Waals surface area contributed by atoms with Crippen LogP contribution in [-0.4, -0.2) is 18.4 Å². The summed E-state index contributed by atoms with van der Waals surface area (Å²) in [5, 5.41) is 0. The summed E-state index contributed by atoms with van der Waals surface area (Å²) in [5.41, 5.74) is 15.0. The molecule has 3 heteroatoms. The molecule has 5 aromatic rings. The van der Waals surface area contributed by atoms with Gasteiger partial charge in [0.25, 0.3) is 0 Å². The Labute approximate surface area is 337 Å². The zero-order valence-corrected chi connectivity index (χ0v) is 32.8. The molecule has 0 saturated carbocycles. The lowest BCUT2D eigenvalue weighted by Gasteiger charge is -2.34. The molecule has 8 rings (SSSR count). The van der Waals surface area contributed by atoms with Crippen LogP contribution in [0.1, 0.15) is 60.9 Å². The van der Waals surface area contributed by atoms with Gasteiger partial charge in [0, 0.05) is 11.1 Å². The normalized spacial score (nSPS) is 18.1. The zero-order chi connectivity index (χ0) is 39.0. The smallest absolute Gasteiger partial charge is 0.160 e. The Balaban J connectivity index is 1.15. The number of aliphatic imine (C=N–C) groups is 3. The first-order valence-corrected chi connectivity index (χ1v) is 19.9. The fraction of sp³-hybridized carbons (Fsp3) is 0.130. The minimum absolute atomic E-state index is 0.402. The Morgan fingerprint density at radius 3 is 2.11 bits per heavy atom. The van der Waals surface area contributed by atoms with Crippen LogP contribution in [0.15, 0.2) is 220 Å². The Kier molecular flexibility index (Phi) is 11.1. The second-order valence-electron chi connectivity index (χ2n) is 14.5. The molecule has 0 N–H and O–H groups in total. The fourth-order valence-electron chi connectivity index (χ4n) is 8.43. The number of hydrogen-bond donors (Lipinski definition) is 0. The van der Waals surface area contributed by atoms with Gasteiger partial charge in [0.2, 0.25) is 0 Å². The third kappa shape index (κ3) is 7.37. The summed E-state index contributed by atoms with van der Waals surface area (Å²) in [6.07, 6.45) is 24.7. The molecule has 1 atom stereocenters. The van der Waals surface area contributed by atoms with Gasteiger partial charge in [-0.05, 0) is 113 Å². The van der Waals surface area contributed by atoms with Gasteiger partial charge in [0.1, 0.15) is 0 Å². The maximum atomic E-state index is 5.06. The number of amidine groups is 2. The van der Waals surface area contributed by atoms with Crippen molar-refractivity contribution in [3.8, 4) is 22.3 Å². The summed E-state index contributed by atoms with van der Waals surface area (Å²) in [7, 11) is 0. The third-order valence-corrected chi connectivity index (χ3v) is 11.1. The lowest BCUT2D eigenvalue weighted by molar-refractivity contribution is 0.765. The highest BCUT2D eigenvalue weighted by molar-refractivity contribution is 6.15. The standard InChI is InChI=1S/C54H47N3/c1-4-19-46(5-2)54(47-26-13-8-14-27-47)50-29-18-17-28-48(50)49-37-44(34-35-51(49)54)41-32-30-40(31-33-41)43-24-15-16-25-45(36-43)53(56-38-39-20-9-6-10-21-39)57-52(55-3)42-22-11-7-12-23-42/h4-6,8-11,13-14,16-37H,3,7,12,15,38H2,1-2H3/b19-4-,46-5+,56-53?,57-52?. The average Bonchev–Trinajstić information content (AvgIpc) is 3.37. The minimum Gasteiger partial charge on any atom is -0.261 e. The maximum absolute atomic E-state index is 5.06. The van der Waals surface area contributed by atoms with Gasteiger partial charge in [-0.15, -0.1) is 0 Å². The highest BCUT2D eigenvalue weighted by atomic mass is 15.0. The van der Waals surface area contributed by atoms with Crippen molar-refractivity contribution < 1.29 is 0 Å². The van der Waals surface area contributed by atoms with E-state index >= 15 is 0 Å². The first-order valence-electron chi connectivity index (χ1n) is 19.9. The van der Waals surface area contributed by atoms with E-state index in [1.807, 2.05) is 18.2 Å². The van der Waals surface area contributed by atoms with E-state index in [0.29, 0.717) is 18.2 Å². The van der Waals surface area contributed by atoms with Crippen molar-refractivity contribution in [2.45, 2.75) is 45.1 Å². The molecule has 0 aliphatic heterocycles. The Morgan fingerprint density at radius 2 is 1.37 bits per heavy atom. The van der Waals surface area contributed by atoms with Crippen molar-refractivity contribution in [3.63, 3.8) is 0 Å². The second kappa shape index (κ2) is 17.0. The van der Waals surface area contributed by atoms with E-state index in [1.165, 1.54) is 44.5 Å². The summed E-state index contributed by atoms with van der Waals surface area (Å²) in [4.78, 5) is 14.5. The van der Waals surface area contributed by atoms with Crippen LogP contribution in [0.2, 0.25) is 0 Å². The van der Waals surface area contributed by atoms with Gasteiger partial charge in [-0.1, -0.05) is 176 Å². The lowest BCUT2D eigenvalue weighted by atomic mass is 9.67. The largest absolute Gasteiger partial charge is 0.261 e. The van der Waals surface area contributed by atoms with Crippen LogP contribution in [0.5, 0.6) is 0 Å². The molecule has 278 valence electrons. The van der Waals surface area contributed by atoms with Crippen LogP contribution >= 0.6 is 0 Å². The van der Waals surface area contributed by atoms with E-state index in [9.17, 15) is 0 Å². The van der Waals surface area contributed by atoms with Crippen LogP contribution in [0, 0.1) is 0 Å². The molecule has 0 fully saturated rings. The van der Waals surface area contributed by atoms with Crippen LogP contribution in [-0.2, 0) is 12.0 Å². The lowest BCUT2D eigenvalue weighted by Crippen LogP contribution is -2.29. The molecule has 1 unspecified atom stereocenters. The summed E-state index contributed by atoms with van der Waals surface area (Å²) in [6, 6.07) is 46.2. The van der Waals surface area contributed by atoms with Gasteiger partial charge in [0.05, 0.1) is 12.0 Å². The number of fused-ring (bicyclic) bond motifs is 3. The molecule has 57 heavy (non-hydrogen) atoms. The van der Waals surface area contributed by atoms with E-state index in [2.05, 4.69) is 196 Å². The van der Waals surface area contributed by atoms with E-state index in [-0.39, 0.29) is 0 Å². The molecule has 0 amide bonds.